The molecule has 0 aliphatic heterocycles. The van der Waals surface area contributed by atoms with Crippen molar-refractivity contribution in [3.05, 3.63) is 135 Å². The number of nitrogens with zero attached hydrogens (tertiary/aromatic N) is 4. The van der Waals surface area contributed by atoms with Gasteiger partial charge in [-0.25, -0.2) is 9.97 Å². The van der Waals surface area contributed by atoms with Crippen LogP contribution in [0.15, 0.2) is 113 Å². The first-order chi connectivity index (χ1) is 19.5. The van der Waals surface area contributed by atoms with Crippen molar-refractivity contribution in [2.24, 2.45) is 0 Å². The molecule has 0 spiro atoms. The Morgan fingerprint density at radius 2 is 1.35 bits per heavy atom. The van der Waals surface area contributed by atoms with Gasteiger partial charge in [-0.1, -0.05) is 54.6 Å². The summed E-state index contributed by atoms with van der Waals surface area (Å²) in [6, 6.07) is 28.2. The van der Waals surface area contributed by atoms with Gasteiger partial charge in [0.15, 0.2) is 11.3 Å². The molecule has 9 nitrogen and oxygen atoms in total. The summed E-state index contributed by atoms with van der Waals surface area (Å²) in [5.41, 5.74) is 4.58. The van der Waals surface area contributed by atoms with E-state index in [1.807, 2.05) is 54.6 Å². The molecule has 1 aliphatic carbocycles. The van der Waals surface area contributed by atoms with Gasteiger partial charge in [-0.3, -0.25) is 9.59 Å². The summed E-state index contributed by atoms with van der Waals surface area (Å²) in [6.45, 7) is 0. The van der Waals surface area contributed by atoms with E-state index >= 15 is 0 Å². The number of aryl methyl sites for hydroxylation is 1. The van der Waals surface area contributed by atoms with Crippen LogP contribution >= 0.6 is 0 Å². The Kier molecular flexibility index (Phi) is 6.45. The van der Waals surface area contributed by atoms with Gasteiger partial charge >= 0.3 is 0 Å². The molecule has 4 heterocycles. The number of aromatic nitrogens is 4. The van der Waals surface area contributed by atoms with E-state index in [1.165, 1.54) is 23.3 Å². The first kappa shape index (κ1) is 24.9. The van der Waals surface area contributed by atoms with Gasteiger partial charge in [-0.05, 0) is 59.4 Å². The van der Waals surface area contributed by atoms with Crippen molar-refractivity contribution in [3.8, 4) is 11.1 Å². The normalized spacial score (nSPS) is 13.9. The van der Waals surface area contributed by atoms with E-state index in [4.69, 9.17) is 0 Å². The number of hydrogen-bond acceptors (Lipinski definition) is 7. The average molecular weight is 532 g/mol. The lowest BCUT2D eigenvalue weighted by molar-refractivity contribution is 0.186. The van der Waals surface area contributed by atoms with Crippen LogP contribution in [0.2, 0.25) is 0 Å². The van der Waals surface area contributed by atoms with Gasteiger partial charge in [-0.2, -0.15) is 0 Å². The Morgan fingerprint density at radius 3 is 2.10 bits per heavy atom. The van der Waals surface area contributed by atoms with Crippen molar-refractivity contribution >= 4 is 27.8 Å². The molecule has 0 fully saturated rings. The summed E-state index contributed by atoms with van der Waals surface area (Å²) < 4.78 is 1.16. The summed E-state index contributed by atoms with van der Waals surface area (Å²) in [6.07, 6.45) is 5.12. The second-order valence-corrected chi connectivity index (χ2v) is 9.47. The topological polar surface area (TPSA) is 122 Å². The molecule has 1 aliphatic rings. The molecule has 0 bridgehead atoms. The van der Waals surface area contributed by atoms with Crippen LogP contribution < -0.4 is 16.4 Å². The lowest BCUT2D eigenvalue weighted by atomic mass is 10.0. The van der Waals surface area contributed by atoms with Crippen molar-refractivity contribution in [3.63, 3.8) is 0 Å². The Balaban J connectivity index is 0.000000148. The van der Waals surface area contributed by atoms with E-state index in [1.54, 1.807) is 24.5 Å². The fourth-order valence-corrected chi connectivity index (χ4v) is 5.16. The number of nitrogens with one attached hydrogen (secondary N) is 1. The van der Waals surface area contributed by atoms with Gasteiger partial charge in [0.25, 0.3) is 11.1 Å². The van der Waals surface area contributed by atoms with Crippen LogP contribution in [-0.2, 0) is 6.42 Å². The third-order valence-electron chi connectivity index (χ3n) is 7.06. The fraction of sp³-hybridized carbons (Fsp3) is 0.0968. The lowest BCUT2D eigenvalue weighted by Crippen LogP contribution is -2.20. The molecule has 198 valence electrons. The van der Waals surface area contributed by atoms with Crippen molar-refractivity contribution in [2.75, 3.05) is 5.32 Å². The summed E-state index contributed by atoms with van der Waals surface area (Å²) in [5, 5.41) is 24.4. The van der Waals surface area contributed by atoms with E-state index in [0.29, 0.717) is 15.1 Å². The molecule has 1 unspecified atom stereocenters. The summed E-state index contributed by atoms with van der Waals surface area (Å²) in [4.78, 5) is 31.7. The minimum atomic E-state index is -0.486. The van der Waals surface area contributed by atoms with Crippen LogP contribution in [0.3, 0.4) is 0 Å². The van der Waals surface area contributed by atoms with Crippen molar-refractivity contribution in [2.45, 2.75) is 18.9 Å². The zero-order valence-corrected chi connectivity index (χ0v) is 21.3. The second kappa shape index (κ2) is 10.4. The minimum Gasteiger partial charge on any atom is -0.423 e. The van der Waals surface area contributed by atoms with Crippen LogP contribution in [0.5, 0.6) is 0 Å². The highest BCUT2D eigenvalue weighted by molar-refractivity contribution is 5.92. The number of rotatable bonds is 3. The van der Waals surface area contributed by atoms with E-state index < -0.39 is 11.1 Å². The summed E-state index contributed by atoms with van der Waals surface area (Å²) >= 11 is 0. The van der Waals surface area contributed by atoms with Gasteiger partial charge in [0.05, 0.1) is 11.7 Å². The first-order valence-electron chi connectivity index (χ1n) is 12.8. The molecule has 4 aromatic heterocycles. The highest BCUT2D eigenvalue weighted by Crippen LogP contribution is 2.34. The standard InChI is InChI=1S/C17H15N3O2.C14H10N2O2/c21-16-10-15(13-6-3-9-18-17(13)20(16)22)19-14-8-7-11-4-1-2-5-12(11)14;17-13-9-12(10-5-2-1-3-6-10)11-7-4-8-15-14(11)16(13)18/h1-6,9-10,14,19,22H,7-8H2;1-9,18H. The molecule has 6 aromatic rings. The Morgan fingerprint density at radius 1 is 0.725 bits per heavy atom. The highest BCUT2D eigenvalue weighted by Gasteiger charge is 2.23. The van der Waals surface area contributed by atoms with Gasteiger partial charge in [-0.15, -0.1) is 9.46 Å². The van der Waals surface area contributed by atoms with Crippen molar-refractivity contribution in [1.82, 2.24) is 19.4 Å². The van der Waals surface area contributed by atoms with Crippen LogP contribution in [-0.4, -0.2) is 29.8 Å². The molecule has 1 atom stereocenters. The molecule has 2 aromatic carbocycles. The van der Waals surface area contributed by atoms with Crippen LogP contribution in [0.1, 0.15) is 23.6 Å². The number of benzene rings is 2. The monoisotopic (exact) mass is 531 g/mol. The van der Waals surface area contributed by atoms with Crippen molar-refractivity contribution in [1.29, 1.82) is 0 Å². The average Bonchev–Trinajstić information content (AvgIpc) is 3.41. The third-order valence-corrected chi connectivity index (χ3v) is 7.06. The molecule has 0 radical (unpaired) electrons. The zero-order valence-electron chi connectivity index (χ0n) is 21.3. The SMILES string of the molecule is O=c1cc(-c2ccccc2)c2cccnc2n1O.O=c1cc(NC2CCc3ccccc32)c2cccnc2n1O. The maximum Gasteiger partial charge on any atom is 0.286 e. The Hall–Kier alpha value is -5.44. The highest BCUT2D eigenvalue weighted by atomic mass is 16.5. The van der Waals surface area contributed by atoms with E-state index in [2.05, 4.69) is 27.4 Å². The maximum atomic E-state index is 11.9. The number of fused-ring (bicyclic) bond motifs is 3. The first-order valence-corrected chi connectivity index (χ1v) is 12.8. The molecular weight excluding hydrogens is 506 g/mol. The van der Waals surface area contributed by atoms with Gasteiger partial charge in [0.2, 0.25) is 0 Å². The molecule has 9 heteroatoms. The van der Waals surface area contributed by atoms with Crippen LogP contribution in [0, 0.1) is 0 Å². The zero-order chi connectivity index (χ0) is 27.6. The molecule has 0 saturated heterocycles. The molecular formula is C31H25N5O4. The predicted molar refractivity (Wildman–Crippen MR) is 153 cm³/mol. The number of hydrogen-bond donors (Lipinski definition) is 3. The van der Waals surface area contributed by atoms with E-state index in [0.717, 1.165) is 34.7 Å². The Labute approximate surface area is 228 Å². The van der Waals surface area contributed by atoms with E-state index in [9.17, 15) is 20.0 Å². The van der Waals surface area contributed by atoms with Crippen molar-refractivity contribution < 1.29 is 10.4 Å². The summed E-state index contributed by atoms with van der Waals surface area (Å²) in [5.74, 6) is 0. The largest absolute Gasteiger partial charge is 0.423 e. The summed E-state index contributed by atoms with van der Waals surface area (Å²) in [7, 11) is 0. The maximum absolute atomic E-state index is 11.9. The lowest BCUT2D eigenvalue weighted by Gasteiger charge is -2.17. The van der Waals surface area contributed by atoms with Gasteiger partial charge in [0, 0.05) is 35.3 Å². The minimum absolute atomic E-state index is 0.175. The van der Waals surface area contributed by atoms with Crippen LogP contribution in [0.4, 0.5) is 5.69 Å². The fourth-order valence-electron chi connectivity index (χ4n) is 5.16. The molecule has 7 rings (SSSR count). The van der Waals surface area contributed by atoms with E-state index in [-0.39, 0.29) is 17.3 Å². The number of anilines is 1. The quantitative estimate of drug-likeness (QED) is 0.274. The predicted octanol–water partition coefficient (Wildman–Crippen LogP) is 5.03. The number of pyridine rings is 4. The molecule has 3 N–H and O–H groups in total. The molecule has 0 saturated carbocycles. The van der Waals surface area contributed by atoms with Gasteiger partial charge < -0.3 is 15.7 Å². The molecule has 40 heavy (non-hydrogen) atoms. The Bertz CT molecular complexity index is 1970. The third kappa shape index (κ3) is 4.54. The van der Waals surface area contributed by atoms with Gasteiger partial charge in [0.1, 0.15) is 0 Å². The molecule has 0 amide bonds. The second-order valence-electron chi connectivity index (χ2n) is 9.47. The smallest absolute Gasteiger partial charge is 0.286 e. The van der Waals surface area contributed by atoms with Crippen LogP contribution in [0.25, 0.3) is 33.2 Å².